The first kappa shape index (κ1) is 13.6. The van der Waals surface area contributed by atoms with Gasteiger partial charge in [-0.15, -0.1) is 0 Å². The number of nitrogens with zero attached hydrogens (tertiary/aromatic N) is 2. The second kappa shape index (κ2) is 5.57. The van der Waals surface area contributed by atoms with Crippen molar-refractivity contribution in [2.75, 3.05) is 5.75 Å². The van der Waals surface area contributed by atoms with E-state index in [1.54, 1.807) is 6.07 Å². The molecule has 1 heterocycles. The zero-order valence-corrected chi connectivity index (χ0v) is 11.7. The maximum atomic E-state index is 13.3. The Morgan fingerprint density at radius 3 is 2.71 bits per heavy atom. The Labute approximate surface area is 124 Å². The molecule has 0 unspecified atom stereocenters. The van der Waals surface area contributed by atoms with Crippen LogP contribution in [0.1, 0.15) is 0 Å². The quantitative estimate of drug-likeness (QED) is 0.751. The van der Waals surface area contributed by atoms with Gasteiger partial charge in [0.05, 0.1) is 16.8 Å². The van der Waals surface area contributed by atoms with Gasteiger partial charge in [-0.2, -0.15) is 0 Å². The van der Waals surface area contributed by atoms with E-state index in [-0.39, 0.29) is 11.6 Å². The predicted octanol–water partition coefficient (Wildman–Crippen LogP) is 3.34. The van der Waals surface area contributed by atoms with E-state index in [1.807, 2.05) is 34.9 Å². The third-order valence-electron chi connectivity index (χ3n) is 2.92. The van der Waals surface area contributed by atoms with Gasteiger partial charge in [-0.1, -0.05) is 30.0 Å². The molecule has 2 aromatic carbocycles. The van der Waals surface area contributed by atoms with E-state index >= 15 is 0 Å². The number of para-hydroxylation sites is 1. The lowest BCUT2D eigenvalue weighted by molar-refractivity contribution is -0.133. The first-order valence-electron chi connectivity index (χ1n) is 6.23. The van der Waals surface area contributed by atoms with E-state index in [0.717, 1.165) is 23.0 Å². The van der Waals surface area contributed by atoms with Gasteiger partial charge in [0, 0.05) is 11.8 Å². The van der Waals surface area contributed by atoms with Gasteiger partial charge in [-0.25, -0.2) is 9.37 Å². The summed E-state index contributed by atoms with van der Waals surface area (Å²) in [6, 6.07) is 13.8. The molecule has 0 fully saturated rings. The fourth-order valence-corrected chi connectivity index (χ4v) is 2.83. The summed E-state index contributed by atoms with van der Waals surface area (Å²) in [5.41, 5.74) is 2.11. The van der Waals surface area contributed by atoms with Crippen molar-refractivity contribution in [1.29, 1.82) is 0 Å². The molecule has 1 N–H and O–H groups in total. The van der Waals surface area contributed by atoms with Gasteiger partial charge in [0.25, 0.3) is 0 Å². The van der Waals surface area contributed by atoms with Gasteiger partial charge in [0.1, 0.15) is 5.82 Å². The maximum Gasteiger partial charge on any atom is 0.313 e. The Bertz CT molecular complexity index is 802. The summed E-state index contributed by atoms with van der Waals surface area (Å²) in [5, 5.41) is 9.37. The van der Waals surface area contributed by atoms with Crippen LogP contribution in [0.25, 0.3) is 16.7 Å². The number of benzene rings is 2. The molecule has 3 rings (SSSR count). The molecule has 0 amide bonds. The van der Waals surface area contributed by atoms with Gasteiger partial charge < -0.3 is 5.11 Å². The number of rotatable bonds is 4. The number of carboxylic acids is 1. The van der Waals surface area contributed by atoms with Crippen molar-refractivity contribution in [2.24, 2.45) is 0 Å². The Morgan fingerprint density at radius 2 is 2.00 bits per heavy atom. The molecule has 1 aromatic heterocycles. The number of hydrogen-bond donors (Lipinski definition) is 1. The van der Waals surface area contributed by atoms with E-state index in [9.17, 15) is 9.18 Å². The average Bonchev–Trinajstić information content (AvgIpc) is 2.83. The highest BCUT2D eigenvalue weighted by atomic mass is 32.2. The molecule has 0 spiro atoms. The zero-order valence-electron chi connectivity index (χ0n) is 10.9. The van der Waals surface area contributed by atoms with Crippen molar-refractivity contribution >= 4 is 28.8 Å². The Hall–Kier alpha value is -2.34. The van der Waals surface area contributed by atoms with E-state index in [2.05, 4.69) is 4.98 Å². The summed E-state index contributed by atoms with van der Waals surface area (Å²) >= 11 is 1.11. The summed E-state index contributed by atoms with van der Waals surface area (Å²) in [7, 11) is 0. The lowest BCUT2D eigenvalue weighted by Crippen LogP contribution is -2.01. The molecular weight excluding hydrogens is 291 g/mol. The third kappa shape index (κ3) is 2.75. The number of aliphatic carboxylic acids is 1. The smallest absolute Gasteiger partial charge is 0.313 e. The number of fused-ring (bicyclic) bond motifs is 1. The Balaban J connectivity index is 2.18. The summed E-state index contributed by atoms with van der Waals surface area (Å²) in [6.45, 7) is 0. The van der Waals surface area contributed by atoms with Gasteiger partial charge in [0.2, 0.25) is 0 Å². The average molecular weight is 302 g/mol. The number of halogens is 1. The van der Waals surface area contributed by atoms with Crippen LogP contribution in [0.4, 0.5) is 4.39 Å². The van der Waals surface area contributed by atoms with Crippen molar-refractivity contribution in [3.05, 3.63) is 54.3 Å². The van der Waals surface area contributed by atoms with Crippen LogP contribution in [0.3, 0.4) is 0 Å². The van der Waals surface area contributed by atoms with Crippen molar-refractivity contribution in [3.8, 4) is 5.69 Å². The van der Waals surface area contributed by atoms with Crippen LogP contribution in [0.5, 0.6) is 0 Å². The van der Waals surface area contributed by atoms with Crippen LogP contribution in [0.2, 0.25) is 0 Å². The molecule has 4 nitrogen and oxygen atoms in total. The topological polar surface area (TPSA) is 55.1 Å². The second-order valence-corrected chi connectivity index (χ2v) is 5.32. The highest BCUT2D eigenvalue weighted by Crippen LogP contribution is 2.28. The van der Waals surface area contributed by atoms with E-state index in [4.69, 9.17) is 5.11 Å². The van der Waals surface area contributed by atoms with Crippen LogP contribution >= 0.6 is 11.8 Å². The zero-order chi connectivity index (χ0) is 14.8. The van der Waals surface area contributed by atoms with Crippen molar-refractivity contribution < 1.29 is 14.3 Å². The lowest BCUT2D eigenvalue weighted by atomic mass is 10.3. The van der Waals surface area contributed by atoms with Crippen molar-refractivity contribution in [2.45, 2.75) is 5.16 Å². The minimum Gasteiger partial charge on any atom is -0.481 e. The number of hydrogen-bond acceptors (Lipinski definition) is 3. The molecule has 3 aromatic rings. The van der Waals surface area contributed by atoms with Crippen LogP contribution < -0.4 is 0 Å². The first-order valence-corrected chi connectivity index (χ1v) is 7.22. The van der Waals surface area contributed by atoms with Crippen LogP contribution in [0.15, 0.2) is 53.7 Å². The normalized spacial score (nSPS) is 10.9. The molecule has 106 valence electrons. The minimum absolute atomic E-state index is 0.0986. The second-order valence-electron chi connectivity index (χ2n) is 4.38. The van der Waals surface area contributed by atoms with Gasteiger partial charge in [-0.05, 0) is 24.3 Å². The minimum atomic E-state index is -0.919. The summed E-state index contributed by atoms with van der Waals surface area (Å²) in [6.07, 6.45) is 0. The number of imidazole rings is 1. The Kier molecular flexibility index (Phi) is 3.62. The standard InChI is InChI=1S/C15H11FN2O2S/c16-10-6-7-13-12(8-10)17-15(21-9-14(19)20)18(13)11-4-2-1-3-5-11/h1-8H,9H2,(H,19,20). The number of carbonyl (C=O) groups is 1. The molecule has 0 saturated heterocycles. The summed E-state index contributed by atoms with van der Waals surface area (Å²) < 4.78 is 15.2. The van der Waals surface area contributed by atoms with E-state index < -0.39 is 5.97 Å². The van der Waals surface area contributed by atoms with Crippen molar-refractivity contribution in [3.63, 3.8) is 0 Å². The van der Waals surface area contributed by atoms with E-state index in [0.29, 0.717) is 10.7 Å². The third-order valence-corrected chi connectivity index (χ3v) is 3.85. The largest absolute Gasteiger partial charge is 0.481 e. The molecular formula is C15H11FN2O2S. The van der Waals surface area contributed by atoms with Crippen LogP contribution in [0, 0.1) is 5.82 Å². The first-order chi connectivity index (χ1) is 10.1. The lowest BCUT2D eigenvalue weighted by Gasteiger charge is -2.07. The number of aromatic nitrogens is 2. The molecule has 0 radical (unpaired) electrons. The van der Waals surface area contributed by atoms with E-state index in [1.165, 1.54) is 12.1 Å². The fraction of sp³-hybridized carbons (Fsp3) is 0.0667. The van der Waals surface area contributed by atoms with Crippen LogP contribution in [-0.4, -0.2) is 26.4 Å². The molecule has 6 heteroatoms. The number of carboxylic acid groups (broad SMARTS) is 1. The summed E-state index contributed by atoms with van der Waals surface area (Å²) in [4.78, 5) is 15.1. The summed E-state index contributed by atoms with van der Waals surface area (Å²) in [5.74, 6) is -1.38. The maximum absolute atomic E-state index is 13.3. The molecule has 0 aliphatic carbocycles. The number of thioether (sulfide) groups is 1. The van der Waals surface area contributed by atoms with Gasteiger partial charge >= 0.3 is 5.97 Å². The monoisotopic (exact) mass is 302 g/mol. The highest BCUT2D eigenvalue weighted by Gasteiger charge is 2.14. The highest BCUT2D eigenvalue weighted by molar-refractivity contribution is 7.99. The molecule has 0 bridgehead atoms. The Morgan fingerprint density at radius 1 is 1.24 bits per heavy atom. The molecule has 0 aliphatic rings. The van der Waals surface area contributed by atoms with Crippen LogP contribution in [-0.2, 0) is 4.79 Å². The molecule has 0 saturated carbocycles. The fourth-order valence-electron chi connectivity index (χ4n) is 2.08. The van der Waals surface area contributed by atoms with Gasteiger partial charge in [0.15, 0.2) is 5.16 Å². The predicted molar refractivity (Wildman–Crippen MR) is 79.4 cm³/mol. The molecule has 0 aliphatic heterocycles. The molecule has 0 atom stereocenters. The molecule has 21 heavy (non-hydrogen) atoms. The van der Waals surface area contributed by atoms with Gasteiger partial charge in [-0.3, -0.25) is 9.36 Å². The van der Waals surface area contributed by atoms with Crippen molar-refractivity contribution in [1.82, 2.24) is 9.55 Å². The SMILES string of the molecule is O=C(O)CSc1nc2cc(F)ccc2n1-c1ccccc1.